The fourth-order valence-corrected chi connectivity index (χ4v) is 4.15. The molecule has 0 radical (unpaired) electrons. The fourth-order valence-electron chi connectivity index (χ4n) is 3.83. The molecule has 0 aliphatic carbocycles. The molecule has 0 saturated carbocycles. The summed E-state index contributed by atoms with van der Waals surface area (Å²) in [6.07, 6.45) is 1.14. The molecule has 3 aromatic carbocycles. The van der Waals surface area contributed by atoms with Gasteiger partial charge >= 0.3 is 0 Å². The number of ether oxygens (including phenoxy) is 1. The zero-order chi connectivity index (χ0) is 25.9. The molecule has 1 N–H and O–H groups in total. The van der Waals surface area contributed by atoms with Crippen LogP contribution in [0.4, 0.5) is 0 Å². The van der Waals surface area contributed by atoms with Gasteiger partial charge in [0, 0.05) is 35.5 Å². The predicted octanol–water partition coefficient (Wildman–Crippen LogP) is 6.32. The number of carbonyl (C=O) groups excluding carboxylic acids is 2. The molecule has 3 rings (SSSR count). The van der Waals surface area contributed by atoms with Gasteiger partial charge < -0.3 is 15.0 Å². The standard InChI is InChI=1S/C29H32Cl2N2O3/c1-21(2)32-29(35)27(19-22-9-4-3-5-10-22)33(20-23-11-6-7-12-26(23)31)28(34)13-8-18-36-25-16-14-24(30)15-17-25/h3-7,9-12,14-17,21,27H,8,13,18-20H2,1-2H3,(H,32,35)/t27-/m0/s1. The van der Waals surface area contributed by atoms with Crippen LogP contribution in [-0.2, 0) is 22.6 Å². The molecule has 190 valence electrons. The number of benzene rings is 3. The van der Waals surface area contributed by atoms with Crippen molar-refractivity contribution < 1.29 is 14.3 Å². The third kappa shape index (κ3) is 8.58. The molecule has 0 aliphatic rings. The molecule has 0 heterocycles. The number of carbonyl (C=O) groups is 2. The van der Waals surface area contributed by atoms with E-state index in [2.05, 4.69) is 5.32 Å². The van der Waals surface area contributed by atoms with E-state index in [1.165, 1.54) is 0 Å². The van der Waals surface area contributed by atoms with Gasteiger partial charge in [0.25, 0.3) is 0 Å². The Bertz CT molecular complexity index is 1120. The molecule has 0 spiro atoms. The van der Waals surface area contributed by atoms with E-state index in [0.717, 1.165) is 11.1 Å². The Balaban J connectivity index is 1.79. The first-order chi connectivity index (χ1) is 17.3. The SMILES string of the molecule is CC(C)NC(=O)[C@H](Cc1ccccc1)N(Cc1ccccc1Cl)C(=O)CCCOc1ccc(Cl)cc1. The van der Waals surface area contributed by atoms with Crippen molar-refractivity contribution in [2.24, 2.45) is 0 Å². The molecule has 0 unspecified atom stereocenters. The molecule has 0 aromatic heterocycles. The van der Waals surface area contributed by atoms with Crippen LogP contribution in [0, 0.1) is 0 Å². The quantitative estimate of drug-likeness (QED) is 0.281. The fraction of sp³-hybridized carbons (Fsp3) is 0.310. The van der Waals surface area contributed by atoms with Crippen molar-refractivity contribution in [3.63, 3.8) is 0 Å². The topological polar surface area (TPSA) is 58.6 Å². The Labute approximate surface area is 223 Å². The first-order valence-corrected chi connectivity index (χ1v) is 12.8. The lowest BCUT2D eigenvalue weighted by Crippen LogP contribution is -2.51. The van der Waals surface area contributed by atoms with Gasteiger partial charge in [-0.2, -0.15) is 0 Å². The summed E-state index contributed by atoms with van der Waals surface area (Å²) in [5.41, 5.74) is 1.77. The summed E-state index contributed by atoms with van der Waals surface area (Å²) >= 11 is 12.4. The lowest BCUT2D eigenvalue weighted by Gasteiger charge is -2.32. The number of nitrogens with zero attached hydrogens (tertiary/aromatic N) is 1. The summed E-state index contributed by atoms with van der Waals surface area (Å²) in [7, 11) is 0. The van der Waals surface area contributed by atoms with E-state index in [1.807, 2.05) is 62.4 Å². The summed E-state index contributed by atoms with van der Waals surface area (Å²) in [5, 5.41) is 4.19. The molecule has 36 heavy (non-hydrogen) atoms. The van der Waals surface area contributed by atoms with Crippen LogP contribution in [0.1, 0.15) is 37.8 Å². The minimum absolute atomic E-state index is 0.0548. The Morgan fingerprint density at radius 3 is 2.25 bits per heavy atom. The van der Waals surface area contributed by atoms with Crippen LogP contribution >= 0.6 is 23.2 Å². The van der Waals surface area contributed by atoms with E-state index in [-0.39, 0.29) is 30.8 Å². The Morgan fingerprint density at radius 2 is 1.58 bits per heavy atom. The van der Waals surface area contributed by atoms with Crippen LogP contribution < -0.4 is 10.1 Å². The highest BCUT2D eigenvalue weighted by molar-refractivity contribution is 6.31. The lowest BCUT2D eigenvalue weighted by atomic mass is 10.0. The van der Waals surface area contributed by atoms with E-state index in [4.69, 9.17) is 27.9 Å². The minimum atomic E-state index is -0.684. The van der Waals surface area contributed by atoms with Gasteiger partial charge in [0.2, 0.25) is 11.8 Å². The average Bonchev–Trinajstić information content (AvgIpc) is 2.86. The summed E-state index contributed by atoms with van der Waals surface area (Å²) in [5.74, 6) is 0.374. The molecule has 2 amide bonds. The van der Waals surface area contributed by atoms with Crippen LogP contribution in [-0.4, -0.2) is 35.4 Å². The van der Waals surface area contributed by atoms with Crippen molar-refractivity contribution in [2.45, 2.75) is 51.7 Å². The van der Waals surface area contributed by atoms with Crippen molar-refractivity contribution in [2.75, 3.05) is 6.61 Å². The Morgan fingerprint density at radius 1 is 0.917 bits per heavy atom. The molecule has 3 aromatic rings. The summed E-state index contributed by atoms with van der Waals surface area (Å²) in [6.45, 7) is 4.42. The van der Waals surface area contributed by atoms with Crippen molar-refractivity contribution in [1.82, 2.24) is 10.2 Å². The molecular weight excluding hydrogens is 495 g/mol. The minimum Gasteiger partial charge on any atom is -0.494 e. The van der Waals surface area contributed by atoms with Crippen LogP contribution in [0.15, 0.2) is 78.9 Å². The van der Waals surface area contributed by atoms with Gasteiger partial charge in [-0.05, 0) is 61.7 Å². The molecule has 7 heteroatoms. The summed E-state index contributed by atoms with van der Waals surface area (Å²) < 4.78 is 5.75. The van der Waals surface area contributed by atoms with Crippen molar-refractivity contribution in [1.29, 1.82) is 0 Å². The highest BCUT2D eigenvalue weighted by Gasteiger charge is 2.30. The Hall–Kier alpha value is -3.02. The van der Waals surface area contributed by atoms with Crippen molar-refractivity contribution in [3.05, 3.63) is 100 Å². The van der Waals surface area contributed by atoms with E-state index in [0.29, 0.717) is 35.2 Å². The molecule has 1 atom stereocenters. The van der Waals surface area contributed by atoms with E-state index >= 15 is 0 Å². The molecule has 0 fully saturated rings. The van der Waals surface area contributed by atoms with Crippen LogP contribution in [0.2, 0.25) is 10.0 Å². The Kier molecular flexibility index (Phi) is 10.6. The van der Waals surface area contributed by atoms with Gasteiger partial charge in [-0.25, -0.2) is 0 Å². The summed E-state index contributed by atoms with van der Waals surface area (Å²) in [6, 6.07) is 23.5. The van der Waals surface area contributed by atoms with Crippen molar-refractivity contribution >= 4 is 35.0 Å². The van der Waals surface area contributed by atoms with Gasteiger partial charge in [0.05, 0.1) is 6.61 Å². The van der Waals surface area contributed by atoms with E-state index < -0.39 is 6.04 Å². The molecule has 0 saturated heterocycles. The zero-order valence-corrected chi connectivity index (χ0v) is 22.1. The molecule has 5 nitrogen and oxygen atoms in total. The maximum Gasteiger partial charge on any atom is 0.243 e. The highest BCUT2D eigenvalue weighted by Crippen LogP contribution is 2.22. The average molecular weight is 527 g/mol. The van der Waals surface area contributed by atoms with Crippen molar-refractivity contribution in [3.8, 4) is 5.75 Å². The number of halogens is 2. The van der Waals surface area contributed by atoms with Gasteiger partial charge in [0.15, 0.2) is 0 Å². The second-order valence-electron chi connectivity index (χ2n) is 8.89. The number of rotatable bonds is 12. The van der Waals surface area contributed by atoms with Crippen LogP contribution in [0.5, 0.6) is 5.75 Å². The van der Waals surface area contributed by atoms with Gasteiger partial charge in [-0.3, -0.25) is 9.59 Å². The zero-order valence-electron chi connectivity index (χ0n) is 20.6. The second kappa shape index (κ2) is 13.9. The lowest BCUT2D eigenvalue weighted by molar-refractivity contribution is -0.141. The molecular formula is C29H32Cl2N2O3. The maximum atomic E-state index is 13.6. The second-order valence-corrected chi connectivity index (χ2v) is 9.73. The first-order valence-electron chi connectivity index (χ1n) is 12.1. The number of hydrogen-bond donors (Lipinski definition) is 1. The van der Waals surface area contributed by atoms with Gasteiger partial charge in [-0.1, -0.05) is 71.7 Å². The number of amides is 2. The van der Waals surface area contributed by atoms with Gasteiger partial charge in [-0.15, -0.1) is 0 Å². The van der Waals surface area contributed by atoms with Crippen LogP contribution in [0.3, 0.4) is 0 Å². The first kappa shape index (κ1) is 27.6. The third-order valence-electron chi connectivity index (χ3n) is 5.62. The normalized spacial score (nSPS) is 11.7. The van der Waals surface area contributed by atoms with Gasteiger partial charge in [0.1, 0.15) is 11.8 Å². The summed E-state index contributed by atoms with van der Waals surface area (Å²) in [4.78, 5) is 28.6. The molecule has 0 aliphatic heterocycles. The van der Waals surface area contributed by atoms with E-state index in [1.54, 1.807) is 35.2 Å². The smallest absolute Gasteiger partial charge is 0.243 e. The third-order valence-corrected chi connectivity index (χ3v) is 6.24. The monoisotopic (exact) mass is 526 g/mol. The number of hydrogen-bond acceptors (Lipinski definition) is 3. The molecule has 0 bridgehead atoms. The number of nitrogens with one attached hydrogen (secondary N) is 1. The predicted molar refractivity (Wildman–Crippen MR) is 145 cm³/mol. The maximum absolute atomic E-state index is 13.6. The highest BCUT2D eigenvalue weighted by atomic mass is 35.5. The largest absolute Gasteiger partial charge is 0.494 e. The van der Waals surface area contributed by atoms with Crippen LogP contribution in [0.25, 0.3) is 0 Å². The van der Waals surface area contributed by atoms with E-state index in [9.17, 15) is 9.59 Å².